The molecule has 0 saturated heterocycles. The van der Waals surface area contributed by atoms with Crippen molar-refractivity contribution in [1.29, 1.82) is 0 Å². The molecule has 0 spiro atoms. The maximum absolute atomic E-state index is 12.1. The molecule has 0 bridgehead atoms. The quantitative estimate of drug-likeness (QED) is 0.764. The van der Waals surface area contributed by atoms with Gasteiger partial charge in [0.15, 0.2) is 0 Å². The molecule has 2 aromatic rings. The maximum atomic E-state index is 12.1. The Kier molecular flexibility index (Phi) is 5.16. The van der Waals surface area contributed by atoms with E-state index in [1.54, 1.807) is 0 Å². The molecule has 0 saturated carbocycles. The van der Waals surface area contributed by atoms with E-state index in [2.05, 4.69) is 10.6 Å². The molecule has 0 radical (unpaired) electrons. The largest absolute Gasteiger partial charge is 0.397 e. The lowest BCUT2D eigenvalue weighted by Crippen LogP contribution is -2.30. The Labute approximate surface area is 127 Å². The van der Waals surface area contributed by atoms with E-state index in [4.69, 9.17) is 5.73 Å². The first-order valence-corrected chi connectivity index (χ1v) is 7.77. The van der Waals surface area contributed by atoms with Gasteiger partial charge < -0.3 is 16.4 Å². The predicted molar refractivity (Wildman–Crippen MR) is 86.5 cm³/mol. The molecule has 21 heavy (non-hydrogen) atoms. The van der Waals surface area contributed by atoms with Crippen molar-refractivity contribution >= 4 is 38.9 Å². The molecule has 1 heterocycles. The van der Waals surface area contributed by atoms with Gasteiger partial charge in [0, 0.05) is 29.6 Å². The number of amides is 2. The summed E-state index contributed by atoms with van der Waals surface area (Å²) in [5.74, 6) is -0.279. The van der Waals surface area contributed by atoms with E-state index in [0.29, 0.717) is 23.7 Å². The molecule has 0 atom stereocenters. The summed E-state index contributed by atoms with van der Waals surface area (Å²) >= 11 is 1.37. The summed E-state index contributed by atoms with van der Waals surface area (Å²) in [6, 6.07) is 7.64. The molecule has 0 fully saturated rings. The van der Waals surface area contributed by atoms with E-state index < -0.39 is 0 Å². The van der Waals surface area contributed by atoms with Crippen molar-refractivity contribution in [1.82, 2.24) is 10.6 Å². The lowest BCUT2D eigenvalue weighted by molar-refractivity contribution is -0.120. The van der Waals surface area contributed by atoms with E-state index >= 15 is 0 Å². The second-order valence-electron chi connectivity index (χ2n) is 4.70. The van der Waals surface area contributed by atoms with Gasteiger partial charge in [0.2, 0.25) is 5.91 Å². The first-order chi connectivity index (χ1) is 10.1. The zero-order valence-electron chi connectivity index (χ0n) is 11.9. The Bertz CT molecular complexity index is 651. The monoisotopic (exact) mass is 305 g/mol. The zero-order valence-corrected chi connectivity index (χ0v) is 12.8. The number of carbonyl (C=O) groups excluding carboxylic acids is 2. The first kappa shape index (κ1) is 15.3. The van der Waals surface area contributed by atoms with Gasteiger partial charge in [-0.15, -0.1) is 11.3 Å². The molecule has 4 N–H and O–H groups in total. The third kappa shape index (κ3) is 3.72. The van der Waals surface area contributed by atoms with E-state index in [9.17, 15) is 9.59 Å². The number of benzene rings is 1. The number of nitrogen functional groups attached to an aromatic ring is 1. The van der Waals surface area contributed by atoms with Crippen LogP contribution in [0, 0.1) is 0 Å². The second kappa shape index (κ2) is 7.08. The van der Waals surface area contributed by atoms with Crippen molar-refractivity contribution < 1.29 is 9.59 Å². The number of rotatable bonds is 6. The van der Waals surface area contributed by atoms with Crippen molar-refractivity contribution in [3.63, 3.8) is 0 Å². The van der Waals surface area contributed by atoms with Crippen molar-refractivity contribution in [3.8, 4) is 0 Å². The van der Waals surface area contributed by atoms with Gasteiger partial charge >= 0.3 is 0 Å². The van der Waals surface area contributed by atoms with Gasteiger partial charge in [-0.1, -0.05) is 25.1 Å². The number of anilines is 1. The van der Waals surface area contributed by atoms with Gasteiger partial charge in [-0.3, -0.25) is 9.59 Å². The highest BCUT2D eigenvalue weighted by atomic mass is 32.1. The molecular weight excluding hydrogens is 286 g/mol. The van der Waals surface area contributed by atoms with Gasteiger partial charge in [0.05, 0.1) is 5.69 Å². The predicted octanol–water partition coefficient (Wildman–Crippen LogP) is 2.13. The summed E-state index contributed by atoms with van der Waals surface area (Å²) in [6.45, 7) is 2.96. The molecule has 1 aromatic carbocycles. The van der Waals surface area contributed by atoms with Gasteiger partial charge in [-0.2, -0.15) is 0 Å². The van der Waals surface area contributed by atoms with Crippen LogP contribution in [-0.2, 0) is 4.79 Å². The topological polar surface area (TPSA) is 84.2 Å². The normalized spacial score (nSPS) is 10.5. The number of hydrogen-bond donors (Lipinski definition) is 3. The number of hydrogen-bond acceptors (Lipinski definition) is 4. The lowest BCUT2D eigenvalue weighted by atomic mass is 10.2. The molecule has 0 unspecified atom stereocenters. The number of fused-ring (bicyclic) bond motifs is 1. The first-order valence-electron chi connectivity index (χ1n) is 6.95. The SMILES string of the molecule is CCCNC(=O)CCNC(=O)c1sc2ccccc2c1N. The number of nitrogens with one attached hydrogen (secondary N) is 2. The van der Waals surface area contributed by atoms with Gasteiger partial charge in [-0.25, -0.2) is 0 Å². The van der Waals surface area contributed by atoms with Crippen LogP contribution in [0.25, 0.3) is 10.1 Å². The van der Waals surface area contributed by atoms with Crippen LogP contribution in [0.5, 0.6) is 0 Å². The Morgan fingerprint density at radius 1 is 1.19 bits per heavy atom. The highest BCUT2D eigenvalue weighted by Crippen LogP contribution is 2.33. The molecule has 2 amide bonds. The molecular formula is C15H19N3O2S. The summed E-state index contributed by atoms with van der Waals surface area (Å²) in [5, 5.41) is 6.40. The fourth-order valence-corrected chi connectivity index (χ4v) is 3.00. The van der Waals surface area contributed by atoms with E-state index in [1.165, 1.54) is 11.3 Å². The fourth-order valence-electron chi connectivity index (χ4n) is 1.96. The highest BCUT2D eigenvalue weighted by molar-refractivity contribution is 7.21. The minimum Gasteiger partial charge on any atom is -0.397 e. The van der Waals surface area contributed by atoms with Crippen LogP contribution >= 0.6 is 11.3 Å². The van der Waals surface area contributed by atoms with Crippen LogP contribution in [0.2, 0.25) is 0 Å². The zero-order chi connectivity index (χ0) is 15.2. The highest BCUT2D eigenvalue weighted by Gasteiger charge is 2.15. The van der Waals surface area contributed by atoms with Crippen LogP contribution in [-0.4, -0.2) is 24.9 Å². The summed E-state index contributed by atoms with van der Waals surface area (Å²) in [4.78, 5) is 24.1. The summed E-state index contributed by atoms with van der Waals surface area (Å²) in [7, 11) is 0. The van der Waals surface area contributed by atoms with Crippen LogP contribution in [0.1, 0.15) is 29.4 Å². The number of carbonyl (C=O) groups is 2. The van der Waals surface area contributed by atoms with Crippen LogP contribution < -0.4 is 16.4 Å². The Balaban J connectivity index is 1.93. The second-order valence-corrected chi connectivity index (χ2v) is 5.75. The Hall–Kier alpha value is -2.08. The molecule has 0 aliphatic heterocycles. The molecule has 1 aromatic heterocycles. The summed E-state index contributed by atoms with van der Waals surface area (Å²) in [6.07, 6.45) is 1.17. The lowest BCUT2D eigenvalue weighted by Gasteiger charge is -2.05. The van der Waals surface area contributed by atoms with E-state index in [1.807, 2.05) is 31.2 Å². The third-order valence-electron chi connectivity index (χ3n) is 3.05. The molecule has 5 nitrogen and oxygen atoms in total. The smallest absolute Gasteiger partial charge is 0.263 e. The van der Waals surface area contributed by atoms with Crippen LogP contribution in [0.3, 0.4) is 0 Å². The third-order valence-corrected chi connectivity index (χ3v) is 4.24. The molecule has 6 heteroatoms. The average Bonchev–Trinajstić information content (AvgIpc) is 2.83. The molecule has 112 valence electrons. The van der Waals surface area contributed by atoms with Gasteiger partial charge in [-0.05, 0) is 12.5 Å². The average molecular weight is 305 g/mol. The minimum atomic E-state index is -0.225. The number of nitrogens with two attached hydrogens (primary N) is 1. The minimum absolute atomic E-state index is 0.0542. The molecule has 0 aliphatic rings. The number of thiophene rings is 1. The van der Waals surface area contributed by atoms with Gasteiger partial charge in [0.25, 0.3) is 5.91 Å². The fraction of sp³-hybridized carbons (Fsp3) is 0.333. The van der Waals surface area contributed by atoms with Crippen molar-refractivity contribution in [3.05, 3.63) is 29.1 Å². The summed E-state index contributed by atoms with van der Waals surface area (Å²) < 4.78 is 0.987. The van der Waals surface area contributed by atoms with Crippen LogP contribution in [0.4, 0.5) is 5.69 Å². The van der Waals surface area contributed by atoms with Crippen molar-refractivity contribution in [2.24, 2.45) is 0 Å². The Morgan fingerprint density at radius 3 is 2.67 bits per heavy atom. The molecule has 0 aliphatic carbocycles. The Morgan fingerprint density at radius 2 is 1.95 bits per heavy atom. The van der Waals surface area contributed by atoms with Crippen molar-refractivity contribution in [2.45, 2.75) is 19.8 Å². The van der Waals surface area contributed by atoms with Crippen LogP contribution in [0.15, 0.2) is 24.3 Å². The maximum Gasteiger partial charge on any atom is 0.263 e. The van der Waals surface area contributed by atoms with E-state index in [-0.39, 0.29) is 18.2 Å². The standard InChI is InChI=1S/C15H19N3O2S/c1-2-8-17-12(19)7-9-18-15(20)14-13(16)10-5-3-4-6-11(10)21-14/h3-6H,2,7-9,16H2,1H3,(H,17,19)(H,18,20). The van der Waals surface area contributed by atoms with Gasteiger partial charge in [0.1, 0.15) is 4.88 Å². The molecule has 2 rings (SSSR count). The van der Waals surface area contributed by atoms with Crippen molar-refractivity contribution in [2.75, 3.05) is 18.8 Å². The van der Waals surface area contributed by atoms with E-state index in [0.717, 1.165) is 16.5 Å². The summed E-state index contributed by atoms with van der Waals surface area (Å²) in [5.41, 5.74) is 6.51.